The van der Waals surface area contributed by atoms with E-state index in [1.54, 1.807) is 42.5 Å². The van der Waals surface area contributed by atoms with E-state index >= 15 is 0 Å². The van der Waals surface area contributed by atoms with Crippen molar-refractivity contribution in [3.8, 4) is 0 Å². The molecule has 1 N–H and O–H groups in total. The molecular formula is C24H15ClN2O3S. The number of amides is 1. The van der Waals surface area contributed by atoms with E-state index in [9.17, 15) is 14.7 Å². The van der Waals surface area contributed by atoms with Gasteiger partial charge in [0.1, 0.15) is 5.76 Å². The van der Waals surface area contributed by atoms with Crippen molar-refractivity contribution in [3.63, 3.8) is 0 Å². The minimum atomic E-state index is -0.794. The molecule has 1 aliphatic rings. The Morgan fingerprint density at radius 1 is 0.968 bits per heavy atom. The van der Waals surface area contributed by atoms with Crippen molar-refractivity contribution in [1.82, 2.24) is 4.98 Å². The number of aliphatic hydroxyl groups excluding tert-OH is 1. The Bertz CT molecular complexity index is 1350. The molecule has 0 saturated carbocycles. The minimum absolute atomic E-state index is 0.0414. The van der Waals surface area contributed by atoms with Gasteiger partial charge in [0.25, 0.3) is 5.78 Å². The zero-order valence-electron chi connectivity index (χ0n) is 16.0. The highest BCUT2D eigenvalue weighted by atomic mass is 35.5. The van der Waals surface area contributed by atoms with Crippen molar-refractivity contribution >= 4 is 55.7 Å². The van der Waals surface area contributed by atoms with Crippen LogP contribution in [0.1, 0.15) is 17.2 Å². The molecule has 5 rings (SSSR count). The summed E-state index contributed by atoms with van der Waals surface area (Å²) in [5, 5.41) is 12.0. The molecule has 1 fully saturated rings. The predicted molar refractivity (Wildman–Crippen MR) is 122 cm³/mol. The summed E-state index contributed by atoms with van der Waals surface area (Å²) in [4.78, 5) is 32.2. The third-order valence-electron chi connectivity index (χ3n) is 5.15. The van der Waals surface area contributed by atoms with Crippen LogP contribution < -0.4 is 4.90 Å². The van der Waals surface area contributed by atoms with Crippen molar-refractivity contribution in [2.75, 3.05) is 4.90 Å². The van der Waals surface area contributed by atoms with E-state index in [-0.39, 0.29) is 11.3 Å². The number of Topliss-reactive ketones (excluding diaryl/α,β-unsaturated/α-hetero) is 1. The number of anilines is 1. The summed E-state index contributed by atoms with van der Waals surface area (Å²) in [5.74, 6) is -1.68. The molecule has 1 amide bonds. The fraction of sp³-hybridized carbons (Fsp3) is 0.0417. The third-order valence-corrected chi connectivity index (χ3v) is 6.40. The number of rotatable bonds is 3. The Morgan fingerprint density at radius 3 is 2.35 bits per heavy atom. The molecule has 2 heterocycles. The second-order valence-corrected chi connectivity index (χ2v) is 8.50. The van der Waals surface area contributed by atoms with Gasteiger partial charge in [-0.3, -0.25) is 14.5 Å². The lowest BCUT2D eigenvalue weighted by Gasteiger charge is -2.22. The van der Waals surface area contributed by atoms with Crippen LogP contribution in [0, 0.1) is 0 Å². The van der Waals surface area contributed by atoms with Gasteiger partial charge in [0, 0.05) is 10.6 Å². The zero-order valence-corrected chi connectivity index (χ0v) is 17.6. The highest BCUT2D eigenvalue weighted by molar-refractivity contribution is 7.22. The van der Waals surface area contributed by atoms with Crippen molar-refractivity contribution in [2.24, 2.45) is 0 Å². The number of aliphatic hydroxyl groups is 1. The van der Waals surface area contributed by atoms with Crippen LogP contribution in [0.5, 0.6) is 0 Å². The number of benzene rings is 3. The van der Waals surface area contributed by atoms with E-state index < -0.39 is 17.7 Å². The Morgan fingerprint density at radius 2 is 1.65 bits per heavy atom. The van der Waals surface area contributed by atoms with E-state index in [4.69, 9.17) is 11.6 Å². The molecule has 1 atom stereocenters. The molecule has 4 aromatic rings. The summed E-state index contributed by atoms with van der Waals surface area (Å²) in [6.07, 6.45) is 0. The van der Waals surface area contributed by atoms with Crippen LogP contribution in [0.3, 0.4) is 0 Å². The standard InChI is InChI=1S/C24H15ClN2O3S/c25-16-11-12-17-18(13-16)31-24(26-17)27-20(14-7-3-1-4-8-14)19(22(29)23(27)30)21(28)15-9-5-2-6-10-15/h1-13,20,28H/b21-19+. The highest BCUT2D eigenvalue weighted by Crippen LogP contribution is 2.44. The van der Waals surface area contributed by atoms with E-state index in [1.165, 1.54) is 16.2 Å². The van der Waals surface area contributed by atoms with Crippen LogP contribution in [0.25, 0.3) is 16.0 Å². The molecule has 3 aromatic carbocycles. The van der Waals surface area contributed by atoms with Gasteiger partial charge in [-0.25, -0.2) is 4.98 Å². The van der Waals surface area contributed by atoms with Gasteiger partial charge in [-0.2, -0.15) is 0 Å². The van der Waals surface area contributed by atoms with E-state index in [1.807, 2.05) is 36.4 Å². The highest BCUT2D eigenvalue weighted by Gasteiger charge is 2.48. The normalized spacial score (nSPS) is 18.1. The van der Waals surface area contributed by atoms with Gasteiger partial charge >= 0.3 is 5.91 Å². The molecule has 0 bridgehead atoms. The first-order chi connectivity index (χ1) is 15.0. The van der Waals surface area contributed by atoms with Crippen LogP contribution in [0.15, 0.2) is 84.4 Å². The summed E-state index contributed by atoms with van der Waals surface area (Å²) < 4.78 is 0.805. The number of carbonyl (C=O) groups excluding carboxylic acids is 2. The molecule has 1 unspecified atom stereocenters. The quantitative estimate of drug-likeness (QED) is 0.253. The molecule has 5 nitrogen and oxygen atoms in total. The molecule has 152 valence electrons. The van der Waals surface area contributed by atoms with Crippen LogP contribution in [0.4, 0.5) is 5.13 Å². The summed E-state index contributed by atoms with van der Waals surface area (Å²) in [6, 6.07) is 22.4. The number of carbonyl (C=O) groups is 2. The Labute approximate surface area is 186 Å². The minimum Gasteiger partial charge on any atom is -0.507 e. The number of thiazole rings is 1. The Kier molecular flexibility index (Phi) is 4.81. The van der Waals surface area contributed by atoms with Gasteiger partial charge in [-0.1, -0.05) is 83.6 Å². The summed E-state index contributed by atoms with van der Waals surface area (Å²) in [5.41, 5.74) is 1.90. The smallest absolute Gasteiger partial charge is 0.301 e. The number of fused-ring (bicyclic) bond motifs is 1. The van der Waals surface area contributed by atoms with Crippen molar-refractivity contribution in [3.05, 3.63) is 101 Å². The van der Waals surface area contributed by atoms with Gasteiger partial charge in [0.05, 0.1) is 21.8 Å². The van der Waals surface area contributed by atoms with Crippen molar-refractivity contribution < 1.29 is 14.7 Å². The van der Waals surface area contributed by atoms with Gasteiger partial charge in [0.15, 0.2) is 5.13 Å². The average molecular weight is 447 g/mol. The SMILES string of the molecule is O=C1C(=O)N(c2nc3ccc(Cl)cc3s2)C(c2ccccc2)/C1=C(\O)c1ccccc1. The van der Waals surface area contributed by atoms with Gasteiger partial charge in [-0.05, 0) is 23.8 Å². The number of halogens is 1. The summed E-state index contributed by atoms with van der Waals surface area (Å²) >= 11 is 7.38. The lowest BCUT2D eigenvalue weighted by molar-refractivity contribution is -0.132. The molecule has 0 aliphatic carbocycles. The maximum atomic E-state index is 13.2. The molecular weight excluding hydrogens is 432 g/mol. The maximum Gasteiger partial charge on any atom is 0.301 e. The number of hydrogen-bond acceptors (Lipinski definition) is 5. The number of ketones is 1. The summed E-state index contributed by atoms with van der Waals surface area (Å²) in [6.45, 7) is 0. The number of aromatic nitrogens is 1. The third kappa shape index (κ3) is 3.30. The van der Waals surface area contributed by atoms with Crippen LogP contribution in [0.2, 0.25) is 5.02 Å². The fourth-order valence-corrected chi connectivity index (χ4v) is 4.99. The average Bonchev–Trinajstić information content (AvgIpc) is 3.32. The van der Waals surface area contributed by atoms with E-state index in [0.717, 1.165) is 4.70 Å². The predicted octanol–water partition coefficient (Wildman–Crippen LogP) is 5.58. The van der Waals surface area contributed by atoms with Gasteiger partial charge < -0.3 is 5.11 Å². The van der Waals surface area contributed by atoms with Crippen molar-refractivity contribution in [2.45, 2.75) is 6.04 Å². The molecule has 0 spiro atoms. The first-order valence-corrected chi connectivity index (χ1v) is 10.7. The molecule has 31 heavy (non-hydrogen) atoms. The largest absolute Gasteiger partial charge is 0.507 e. The molecule has 7 heteroatoms. The van der Waals surface area contributed by atoms with Gasteiger partial charge in [-0.15, -0.1) is 0 Å². The number of hydrogen-bond donors (Lipinski definition) is 1. The lowest BCUT2D eigenvalue weighted by Crippen LogP contribution is -2.29. The van der Waals surface area contributed by atoms with E-state index in [0.29, 0.717) is 26.8 Å². The summed E-state index contributed by atoms with van der Waals surface area (Å²) in [7, 11) is 0. The molecule has 0 radical (unpaired) electrons. The molecule has 1 aromatic heterocycles. The molecule has 1 aliphatic heterocycles. The second kappa shape index (κ2) is 7.65. The molecule has 1 saturated heterocycles. The Hall–Kier alpha value is -3.48. The van der Waals surface area contributed by atoms with Gasteiger partial charge in [0.2, 0.25) is 0 Å². The van der Waals surface area contributed by atoms with E-state index in [2.05, 4.69) is 4.98 Å². The van der Waals surface area contributed by atoms with Crippen LogP contribution in [-0.2, 0) is 9.59 Å². The topological polar surface area (TPSA) is 70.5 Å². The monoisotopic (exact) mass is 446 g/mol. The maximum absolute atomic E-state index is 13.2. The second-order valence-electron chi connectivity index (χ2n) is 7.05. The van der Waals surface area contributed by atoms with Crippen LogP contribution >= 0.6 is 22.9 Å². The van der Waals surface area contributed by atoms with Crippen LogP contribution in [-0.4, -0.2) is 21.8 Å². The number of nitrogens with zero attached hydrogens (tertiary/aromatic N) is 2. The Balaban J connectivity index is 1.73. The van der Waals surface area contributed by atoms with Crippen molar-refractivity contribution in [1.29, 1.82) is 0 Å². The fourth-order valence-electron chi connectivity index (χ4n) is 3.72. The first kappa shape index (κ1) is 19.5. The lowest BCUT2D eigenvalue weighted by atomic mass is 9.95. The zero-order chi connectivity index (χ0) is 21.5. The first-order valence-electron chi connectivity index (χ1n) is 9.52.